The van der Waals surface area contributed by atoms with Crippen LogP contribution in [0.15, 0.2) is 34.9 Å². The predicted octanol–water partition coefficient (Wildman–Crippen LogP) is 3.33. The standard InChI is InChI=1S/C13H13FN2O.ClH/c14-10-4-1-3-9(7-10)12-8-13(17-16-12)11-5-2-6-15-11;/h1,3-4,7-8,11,15H,2,5-6H2;1H/t11-;/m1./s1. The largest absolute Gasteiger partial charge is 0.359 e. The number of benzene rings is 1. The molecular formula is C13H14ClFN2O. The Morgan fingerprint density at radius 2 is 2.22 bits per heavy atom. The second-order valence-corrected chi connectivity index (χ2v) is 4.27. The summed E-state index contributed by atoms with van der Waals surface area (Å²) in [4.78, 5) is 0. The molecule has 3 nitrogen and oxygen atoms in total. The first-order valence-corrected chi connectivity index (χ1v) is 5.79. The lowest BCUT2D eigenvalue weighted by atomic mass is 10.1. The topological polar surface area (TPSA) is 38.1 Å². The molecule has 18 heavy (non-hydrogen) atoms. The fraction of sp³-hybridized carbons (Fsp3) is 0.308. The van der Waals surface area contributed by atoms with Crippen molar-refractivity contribution >= 4 is 12.4 Å². The molecule has 0 radical (unpaired) electrons. The predicted molar refractivity (Wildman–Crippen MR) is 69.1 cm³/mol. The molecule has 0 unspecified atom stereocenters. The van der Waals surface area contributed by atoms with Crippen molar-refractivity contribution in [2.45, 2.75) is 18.9 Å². The molecule has 1 aliphatic rings. The zero-order valence-electron chi connectivity index (χ0n) is 9.73. The van der Waals surface area contributed by atoms with Crippen LogP contribution in [0.3, 0.4) is 0 Å². The van der Waals surface area contributed by atoms with Gasteiger partial charge in [0.1, 0.15) is 11.5 Å². The highest BCUT2D eigenvalue weighted by Gasteiger charge is 2.20. The Kier molecular flexibility index (Phi) is 3.99. The molecule has 0 spiro atoms. The number of nitrogens with one attached hydrogen (secondary N) is 1. The van der Waals surface area contributed by atoms with E-state index in [4.69, 9.17) is 4.52 Å². The maximum absolute atomic E-state index is 13.1. The van der Waals surface area contributed by atoms with E-state index in [1.807, 2.05) is 12.1 Å². The molecule has 1 aromatic carbocycles. The zero-order chi connectivity index (χ0) is 11.7. The van der Waals surface area contributed by atoms with Gasteiger partial charge in [0.2, 0.25) is 0 Å². The van der Waals surface area contributed by atoms with Gasteiger partial charge in [-0.15, -0.1) is 12.4 Å². The van der Waals surface area contributed by atoms with E-state index in [9.17, 15) is 4.39 Å². The summed E-state index contributed by atoms with van der Waals surface area (Å²) in [6.07, 6.45) is 2.22. The number of hydrogen-bond acceptors (Lipinski definition) is 3. The van der Waals surface area contributed by atoms with Gasteiger partial charge in [-0.1, -0.05) is 17.3 Å². The van der Waals surface area contributed by atoms with Gasteiger partial charge in [0.15, 0.2) is 5.76 Å². The van der Waals surface area contributed by atoms with E-state index >= 15 is 0 Å². The average Bonchev–Trinajstić information content (AvgIpc) is 3.00. The third-order valence-corrected chi connectivity index (χ3v) is 3.05. The number of rotatable bonds is 2. The van der Waals surface area contributed by atoms with Gasteiger partial charge in [0.05, 0.1) is 6.04 Å². The Balaban J connectivity index is 0.00000120. The number of halogens is 2. The molecule has 3 rings (SSSR count). The lowest BCUT2D eigenvalue weighted by Crippen LogP contribution is -2.11. The van der Waals surface area contributed by atoms with Gasteiger partial charge >= 0.3 is 0 Å². The van der Waals surface area contributed by atoms with Crippen LogP contribution < -0.4 is 5.32 Å². The number of hydrogen-bond donors (Lipinski definition) is 1. The molecule has 2 aromatic rings. The number of aromatic nitrogens is 1. The van der Waals surface area contributed by atoms with Gasteiger partial charge in [0, 0.05) is 11.6 Å². The minimum atomic E-state index is -0.258. The first-order chi connectivity index (χ1) is 8.33. The van der Waals surface area contributed by atoms with Gasteiger partial charge in [0.25, 0.3) is 0 Å². The second kappa shape index (κ2) is 5.50. The molecule has 0 saturated carbocycles. The molecule has 1 saturated heterocycles. The molecule has 0 aliphatic carbocycles. The number of nitrogens with zero attached hydrogens (tertiary/aromatic N) is 1. The Morgan fingerprint density at radius 3 is 2.94 bits per heavy atom. The lowest BCUT2D eigenvalue weighted by Gasteiger charge is -2.02. The van der Waals surface area contributed by atoms with Crippen LogP contribution in [0.4, 0.5) is 4.39 Å². The van der Waals surface area contributed by atoms with Crippen LogP contribution >= 0.6 is 12.4 Å². The maximum atomic E-state index is 13.1. The molecule has 1 aromatic heterocycles. The Bertz CT molecular complexity index is 523. The van der Waals surface area contributed by atoms with E-state index in [1.165, 1.54) is 12.1 Å². The van der Waals surface area contributed by atoms with Crippen LogP contribution in [0.1, 0.15) is 24.6 Å². The van der Waals surface area contributed by atoms with Crippen molar-refractivity contribution in [3.8, 4) is 11.3 Å². The van der Waals surface area contributed by atoms with Crippen molar-refractivity contribution in [2.75, 3.05) is 6.54 Å². The molecule has 1 aliphatic heterocycles. The Labute approximate surface area is 111 Å². The molecule has 1 fully saturated rings. The summed E-state index contributed by atoms with van der Waals surface area (Å²) in [7, 11) is 0. The summed E-state index contributed by atoms with van der Waals surface area (Å²) in [5.41, 5.74) is 1.44. The van der Waals surface area contributed by atoms with Crippen molar-refractivity contribution in [3.05, 3.63) is 41.9 Å². The van der Waals surface area contributed by atoms with E-state index < -0.39 is 0 Å². The Hall–Kier alpha value is -1.39. The molecule has 1 atom stereocenters. The average molecular weight is 269 g/mol. The van der Waals surface area contributed by atoms with Crippen LogP contribution in [-0.2, 0) is 0 Å². The summed E-state index contributed by atoms with van der Waals surface area (Å²) >= 11 is 0. The van der Waals surface area contributed by atoms with Gasteiger partial charge in [-0.05, 0) is 31.5 Å². The molecule has 0 amide bonds. The van der Waals surface area contributed by atoms with E-state index in [1.54, 1.807) is 6.07 Å². The van der Waals surface area contributed by atoms with Crippen LogP contribution in [0.2, 0.25) is 0 Å². The molecule has 1 N–H and O–H groups in total. The summed E-state index contributed by atoms with van der Waals surface area (Å²) in [5.74, 6) is 0.577. The van der Waals surface area contributed by atoms with Crippen LogP contribution in [0.5, 0.6) is 0 Å². The van der Waals surface area contributed by atoms with Gasteiger partial charge < -0.3 is 9.84 Å². The van der Waals surface area contributed by atoms with Crippen molar-refractivity contribution in [3.63, 3.8) is 0 Å². The zero-order valence-corrected chi connectivity index (χ0v) is 10.5. The monoisotopic (exact) mass is 268 g/mol. The molecular weight excluding hydrogens is 255 g/mol. The van der Waals surface area contributed by atoms with Crippen LogP contribution in [0, 0.1) is 5.82 Å². The Morgan fingerprint density at radius 1 is 1.33 bits per heavy atom. The summed E-state index contributed by atoms with van der Waals surface area (Å²) in [5, 5.41) is 7.33. The summed E-state index contributed by atoms with van der Waals surface area (Å²) in [6, 6.07) is 8.52. The molecule has 0 bridgehead atoms. The SMILES string of the molecule is Cl.Fc1cccc(-c2cc([C@H]3CCCN3)on2)c1. The molecule has 96 valence electrons. The normalized spacial score (nSPS) is 18.6. The third kappa shape index (κ3) is 2.54. The first-order valence-electron chi connectivity index (χ1n) is 5.79. The van der Waals surface area contributed by atoms with Crippen LogP contribution in [-0.4, -0.2) is 11.7 Å². The highest BCUT2D eigenvalue weighted by molar-refractivity contribution is 5.85. The fourth-order valence-electron chi connectivity index (χ4n) is 2.16. The van der Waals surface area contributed by atoms with E-state index in [-0.39, 0.29) is 24.3 Å². The van der Waals surface area contributed by atoms with Crippen molar-refractivity contribution in [2.24, 2.45) is 0 Å². The first kappa shape index (κ1) is 13.1. The minimum absolute atomic E-state index is 0. The van der Waals surface area contributed by atoms with Crippen molar-refractivity contribution in [1.82, 2.24) is 10.5 Å². The summed E-state index contributed by atoms with van der Waals surface area (Å²) in [6.45, 7) is 1.01. The third-order valence-electron chi connectivity index (χ3n) is 3.05. The van der Waals surface area contributed by atoms with Gasteiger partial charge in [-0.3, -0.25) is 0 Å². The summed E-state index contributed by atoms with van der Waals surface area (Å²) < 4.78 is 18.4. The molecule has 5 heteroatoms. The quantitative estimate of drug-likeness (QED) is 0.908. The lowest BCUT2D eigenvalue weighted by molar-refractivity contribution is 0.353. The highest BCUT2D eigenvalue weighted by atomic mass is 35.5. The van der Waals surface area contributed by atoms with Crippen LogP contribution in [0.25, 0.3) is 11.3 Å². The smallest absolute Gasteiger partial charge is 0.154 e. The van der Waals surface area contributed by atoms with Crippen molar-refractivity contribution in [1.29, 1.82) is 0 Å². The fourth-order valence-corrected chi connectivity index (χ4v) is 2.16. The second-order valence-electron chi connectivity index (χ2n) is 4.27. The van der Waals surface area contributed by atoms with E-state index in [0.717, 1.165) is 30.7 Å². The highest BCUT2D eigenvalue weighted by Crippen LogP contribution is 2.27. The van der Waals surface area contributed by atoms with E-state index in [0.29, 0.717) is 5.69 Å². The van der Waals surface area contributed by atoms with Gasteiger partial charge in [-0.25, -0.2) is 4.39 Å². The van der Waals surface area contributed by atoms with Crippen molar-refractivity contribution < 1.29 is 8.91 Å². The molecule has 2 heterocycles. The maximum Gasteiger partial charge on any atom is 0.154 e. The van der Waals surface area contributed by atoms with Gasteiger partial charge in [-0.2, -0.15) is 0 Å². The van der Waals surface area contributed by atoms with E-state index in [2.05, 4.69) is 10.5 Å². The minimum Gasteiger partial charge on any atom is -0.359 e.